The van der Waals surface area contributed by atoms with Crippen LogP contribution in [0.4, 0.5) is 0 Å². The van der Waals surface area contributed by atoms with E-state index in [0.717, 1.165) is 19.3 Å². The molecule has 0 aromatic heterocycles. The summed E-state index contributed by atoms with van der Waals surface area (Å²) in [6, 6.07) is 0.0350. The second-order valence-electron chi connectivity index (χ2n) is 4.72. The molecule has 0 radical (unpaired) electrons. The molecule has 1 amide bonds. The van der Waals surface area contributed by atoms with Crippen LogP contribution in [-0.2, 0) is 9.59 Å². The fraction of sp³-hybridized carbons (Fsp3) is 0.692. The zero-order chi connectivity index (χ0) is 13.7. The van der Waals surface area contributed by atoms with Crippen molar-refractivity contribution in [1.82, 2.24) is 4.90 Å². The van der Waals surface area contributed by atoms with Gasteiger partial charge in [-0.05, 0) is 39.5 Å². The molecule has 5 heteroatoms. The summed E-state index contributed by atoms with van der Waals surface area (Å²) in [6.45, 7) is 3.69. The second-order valence-corrected chi connectivity index (χ2v) is 4.72. The maximum atomic E-state index is 12.3. The molecule has 18 heavy (non-hydrogen) atoms. The Morgan fingerprint density at radius 2 is 1.89 bits per heavy atom. The van der Waals surface area contributed by atoms with Crippen LogP contribution in [0.25, 0.3) is 0 Å². The van der Waals surface area contributed by atoms with Gasteiger partial charge >= 0.3 is 5.97 Å². The summed E-state index contributed by atoms with van der Waals surface area (Å²) in [6.07, 6.45) is 3.43. The lowest BCUT2D eigenvalue weighted by Gasteiger charge is -2.36. The van der Waals surface area contributed by atoms with Crippen molar-refractivity contribution in [1.29, 1.82) is 0 Å². The number of aliphatic hydroxyl groups is 1. The number of carbonyl (C=O) groups is 2. The lowest BCUT2D eigenvalue weighted by Crippen LogP contribution is -2.44. The number of likely N-dealkylation sites (tertiary alicyclic amines) is 1. The summed E-state index contributed by atoms with van der Waals surface area (Å²) in [4.78, 5) is 24.8. The Hall–Kier alpha value is -1.36. The number of hydrogen-bond acceptors (Lipinski definition) is 3. The molecule has 0 spiro atoms. The molecule has 1 unspecified atom stereocenters. The predicted molar refractivity (Wildman–Crippen MR) is 67.1 cm³/mol. The summed E-state index contributed by atoms with van der Waals surface area (Å²) in [5, 5.41) is 17.9. The van der Waals surface area contributed by atoms with E-state index in [1.165, 1.54) is 6.92 Å². The molecule has 0 aromatic rings. The fourth-order valence-electron chi connectivity index (χ4n) is 2.25. The Morgan fingerprint density at radius 3 is 2.44 bits per heavy atom. The van der Waals surface area contributed by atoms with Crippen molar-refractivity contribution >= 4 is 11.9 Å². The molecule has 1 saturated heterocycles. The van der Waals surface area contributed by atoms with E-state index < -0.39 is 5.97 Å². The van der Waals surface area contributed by atoms with Gasteiger partial charge in [0.15, 0.2) is 0 Å². The summed E-state index contributed by atoms with van der Waals surface area (Å²) < 4.78 is 0. The van der Waals surface area contributed by atoms with Gasteiger partial charge in [-0.3, -0.25) is 4.79 Å². The van der Waals surface area contributed by atoms with Gasteiger partial charge in [0.1, 0.15) is 0 Å². The first-order valence-corrected chi connectivity index (χ1v) is 6.31. The minimum Gasteiger partial charge on any atom is -0.478 e. The molecular weight excluding hydrogens is 234 g/mol. The number of carbonyl (C=O) groups excluding carboxylic acids is 1. The maximum absolute atomic E-state index is 12.3. The van der Waals surface area contributed by atoms with Crippen molar-refractivity contribution in [2.75, 3.05) is 13.2 Å². The first kappa shape index (κ1) is 14.7. The van der Waals surface area contributed by atoms with Crippen molar-refractivity contribution in [3.63, 3.8) is 0 Å². The Kier molecular flexibility index (Phi) is 5.34. The molecule has 1 rings (SSSR count). The van der Waals surface area contributed by atoms with Crippen molar-refractivity contribution in [3.8, 4) is 0 Å². The van der Waals surface area contributed by atoms with Gasteiger partial charge in [0.2, 0.25) is 5.91 Å². The van der Waals surface area contributed by atoms with Crippen LogP contribution in [0, 0.1) is 0 Å². The third-order valence-corrected chi connectivity index (χ3v) is 3.55. The van der Waals surface area contributed by atoms with Crippen molar-refractivity contribution in [2.24, 2.45) is 0 Å². The lowest BCUT2D eigenvalue weighted by molar-refractivity contribution is -0.135. The number of amides is 1. The van der Waals surface area contributed by atoms with Crippen LogP contribution in [0.3, 0.4) is 0 Å². The highest BCUT2D eigenvalue weighted by Gasteiger charge is 2.28. The van der Waals surface area contributed by atoms with Crippen LogP contribution < -0.4 is 0 Å². The number of rotatable bonds is 4. The van der Waals surface area contributed by atoms with Gasteiger partial charge in [0.05, 0.1) is 0 Å². The molecular formula is C13H21NO4. The molecule has 1 aliphatic heterocycles. The highest BCUT2D eigenvalue weighted by Crippen LogP contribution is 2.22. The van der Waals surface area contributed by atoms with E-state index in [1.807, 2.05) is 0 Å². The maximum Gasteiger partial charge on any atom is 0.331 e. The largest absolute Gasteiger partial charge is 0.478 e. The molecule has 1 fully saturated rings. The van der Waals surface area contributed by atoms with E-state index in [1.54, 1.807) is 11.8 Å². The van der Waals surface area contributed by atoms with Gasteiger partial charge in [-0.2, -0.15) is 0 Å². The molecule has 0 saturated carbocycles. The number of hydrogen-bond donors (Lipinski definition) is 2. The number of piperidine rings is 1. The van der Waals surface area contributed by atoms with Crippen LogP contribution in [0.15, 0.2) is 11.1 Å². The molecule has 0 aliphatic carbocycles. The van der Waals surface area contributed by atoms with Crippen LogP contribution >= 0.6 is 0 Å². The normalized spacial score (nSPS) is 21.5. The molecule has 0 bridgehead atoms. The van der Waals surface area contributed by atoms with E-state index in [-0.39, 0.29) is 29.7 Å². The van der Waals surface area contributed by atoms with Crippen LogP contribution in [0.2, 0.25) is 0 Å². The van der Waals surface area contributed by atoms with E-state index in [0.29, 0.717) is 13.0 Å². The Labute approximate surface area is 107 Å². The van der Waals surface area contributed by atoms with Gasteiger partial charge in [-0.1, -0.05) is 0 Å². The van der Waals surface area contributed by atoms with Crippen LogP contribution in [0.5, 0.6) is 0 Å². The van der Waals surface area contributed by atoms with E-state index in [4.69, 9.17) is 10.2 Å². The average molecular weight is 255 g/mol. The van der Waals surface area contributed by atoms with E-state index >= 15 is 0 Å². The minimum absolute atomic E-state index is 0.0350. The molecule has 1 atom stereocenters. The zero-order valence-corrected chi connectivity index (χ0v) is 11.0. The number of aliphatic carboxylic acids is 1. The molecule has 1 aliphatic rings. The average Bonchev–Trinajstić information content (AvgIpc) is 2.37. The fourth-order valence-corrected chi connectivity index (χ4v) is 2.25. The highest BCUT2D eigenvalue weighted by molar-refractivity contribution is 6.01. The van der Waals surface area contributed by atoms with Gasteiger partial charge in [0.25, 0.3) is 0 Å². The van der Waals surface area contributed by atoms with Crippen molar-refractivity contribution in [2.45, 2.75) is 45.6 Å². The quantitative estimate of drug-likeness (QED) is 0.739. The first-order valence-electron chi connectivity index (χ1n) is 6.31. The zero-order valence-electron chi connectivity index (χ0n) is 11.0. The van der Waals surface area contributed by atoms with Gasteiger partial charge < -0.3 is 15.1 Å². The highest BCUT2D eigenvalue weighted by atomic mass is 16.4. The SMILES string of the molecule is CC(C(=O)O)=C(C)C(=O)N1CCCCC1CCO. The second kappa shape index (κ2) is 6.54. The summed E-state index contributed by atoms with van der Waals surface area (Å²) in [7, 11) is 0. The third-order valence-electron chi connectivity index (χ3n) is 3.55. The van der Waals surface area contributed by atoms with Gasteiger partial charge in [0, 0.05) is 30.3 Å². The molecule has 102 valence electrons. The van der Waals surface area contributed by atoms with E-state index in [9.17, 15) is 9.59 Å². The third kappa shape index (κ3) is 3.32. The van der Waals surface area contributed by atoms with Crippen molar-refractivity contribution < 1.29 is 19.8 Å². The van der Waals surface area contributed by atoms with Crippen molar-refractivity contribution in [3.05, 3.63) is 11.1 Å². The Balaban J connectivity index is 2.86. The molecule has 2 N–H and O–H groups in total. The molecule has 0 aromatic carbocycles. The molecule has 5 nitrogen and oxygen atoms in total. The number of carboxylic acids is 1. The van der Waals surface area contributed by atoms with Gasteiger partial charge in [-0.25, -0.2) is 4.79 Å². The summed E-state index contributed by atoms with van der Waals surface area (Å²) >= 11 is 0. The Bertz CT molecular complexity index is 360. The van der Waals surface area contributed by atoms with E-state index in [2.05, 4.69) is 0 Å². The van der Waals surface area contributed by atoms with Gasteiger partial charge in [-0.15, -0.1) is 0 Å². The summed E-state index contributed by atoms with van der Waals surface area (Å²) in [5.74, 6) is -1.27. The number of aliphatic hydroxyl groups excluding tert-OH is 1. The number of nitrogens with zero attached hydrogens (tertiary/aromatic N) is 1. The molecule has 1 heterocycles. The lowest BCUT2D eigenvalue weighted by atomic mass is 9.98. The first-order chi connectivity index (χ1) is 8.49. The Morgan fingerprint density at radius 1 is 1.22 bits per heavy atom. The van der Waals surface area contributed by atoms with Crippen LogP contribution in [0.1, 0.15) is 39.5 Å². The standard InChI is InChI=1S/C13H21NO4/c1-9(10(2)13(17)18)12(16)14-7-4-3-5-11(14)6-8-15/h11,15H,3-8H2,1-2H3,(H,17,18). The number of carboxylic acid groups (broad SMARTS) is 1. The monoisotopic (exact) mass is 255 g/mol. The predicted octanol–water partition coefficient (Wildman–Crippen LogP) is 1.17. The van der Waals surface area contributed by atoms with Crippen LogP contribution in [-0.4, -0.2) is 46.2 Å². The smallest absolute Gasteiger partial charge is 0.331 e. The topological polar surface area (TPSA) is 77.8 Å². The summed E-state index contributed by atoms with van der Waals surface area (Å²) in [5.41, 5.74) is 0.376. The minimum atomic E-state index is -1.06.